The zero-order valence-electron chi connectivity index (χ0n) is 23.6. The molecule has 4 aromatic rings. The summed E-state index contributed by atoms with van der Waals surface area (Å²) in [7, 11) is 1.55. The number of aromatic nitrogens is 1. The molecule has 1 aromatic heterocycles. The predicted octanol–water partition coefficient (Wildman–Crippen LogP) is 5.07. The Hall–Kier alpha value is -4.74. The van der Waals surface area contributed by atoms with Crippen LogP contribution in [0.1, 0.15) is 18.0 Å². The van der Waals surface area contributed by atoms with Crippen molar-refractivity contribution in [2.75, 3.05) is 51.5 Å². The highest BCUT2D eigenvalue weighted by molar-refractivity contribution is 6.21. The summed E-state index contributed by atoms with van der Waals surface area (Å²) in [6, 6.07) is 16.5. The largest absolute Gasteiger partial charge is 0.493 e. The molecule has 3 aromatic carbocycles. The van der Waals surface area contributed by atoms with Crippen LogP contribution in [0.3, 0.4) is 0 Å². The van der Waals surface area contributed by atoms with Crippen molar-refractivity contribution in [3.63, 3.8) is 0 Å². The third kappa shape index (κ3) is 6.08. The van der Waals surface area contributed by atoms with Crippen molar-refractivity contribution < 1.29 is 32.9 Å². The number of carbonyl (C=O) groups excluding carboxylic acids is 2. The predicted molar refractivity (Wildman–Crippen MR) is 157 cm³/mol. The molecule has 0 saturated carbocycles. The van der Waals surface area contributed by atoms with Gasteiger partial charge in [0.15, 0.2) is 23.1 Å². The normalized spacial score (nSPS) is 17.3. The first-order valence-corrected chi connectivity index (χ1v) is 14.1. The first-order chi connectivity index (χ1) is 21.0. The lowest BCUT2D eigenvalue weighted by atomic mass is 10.1. The van der Waals surface area contributed by atoms with Crippen molar-refractivity contribution in [1.29, 1.82) is 0 Å². The van der Waals surface area contributed by atoms with E-state index < -0.39 is 23.8 Å². The van der Waals surface area contributed by atoms with Crippen LogP contribution in [0.2, 0.25) is 0 Å². The van der Waals surface area contributed by atoms with Crippen molar-refractivity contribution in [2.45, 2.75) is 12.5 Å². The molecule has 2 aliphatic rings. The molecule has 0 aliphatic carbocycles. The second-order valence-corrected chi connectivity index (χ2v) is 10.2. The fourth-order valence-corrected chi connectivity index (χ4v) is 5.21. The number of urea groups is 1. The summed E-state index contributed by atoms with van der Waals surface area (Å²) < 4.78 is 38.3. The number of halogens is 1. The zero-order valence-corrected chi connectivity index (χ0v) is 23.6. The van der Waals surface area contributed by atoms with Crippen LogP contribution in [0.5, 0.6) is 23.0 Å². The van der Waals surface area contributed by atoms with Gasteiger partial charge >= 0.3 is 6.03 Å². The second kappa shape index (κ2) is 12.6. The summed E-state index contributed by atoms with van der Waals surface area (Å²) in [5.41, 5.74) is 1.33. The third-order valence-electron chi connectivity index (χ3n) is 7.43. The summed E-state index contributed by atoms with van der Waals surface area (Å²) >= 11 is 0. The number of hydrogen-bond acceptors (Lipinski definition) is 8. The van der Waals surface area contributed by atoms with Crippen LogP contribution >= 0.6 is 0 Å². The van der Waals surface area contributed by atoms with Crippen LogP contribution in [-0.4, -0.2) is 68.4 Å². The number of nitrogens with zero attached hydrogens (tertiary/aromatic N) is 3. The molecule has 0 spiro atoms. The van der Waals surface area contributed by atoms with Crippen molar-refractivity contribution in [3.8, 4) is 23.0 Å². The van der Waals surface area contributed by atoms with Crippen LogP contribution in [0.15, 0.2) is 72.9 Å². The van der Waals surface area contributed by atoms with Crippen molar-refractivity contribution >= 4 is 28.5 Å². The Balaban J connectivity index is 1.17. The fraction of sp³-hybridized carbons (Fsp3) is 0.281. The van der Waals surface area contributed by atoms with Gasteiger partial charge in [-0.25, -0.2) is 14.1 Å². The molecule has 0 radical (unpaired) electrons. The van der Waals surface area contributed by atoms with Gasteiger partial charge in [-0.15, -0.1) is 0 Å². The second-order valence-electron chi connectivity index (χ2n) is 10.2. The highest BCUT2D eigenvalue weighted by Gasteiger charge is 2.40. The van der Waals surface area contributed by atoms with Crippen LogP contribution in [0, 0.1) is 5.82 Å². The Kier molecular flexibility index (Phi) is 8.34. The van der Waals surface area contributed by atoms with Crippen LogP contribution in [0.4, 0.5) is 14.9 Å². The SMILES string of the molecule is COc1cc2c(Oc3ccc(N4C(=O)N[C@H](c5ccccc5)C4=O)cc3F)ccnc2cc1OCCCN1CCOCC1. The Labute approximate surface area is 247 Å². The fourth-order valence-electron chi connectivity index (χ4n) is 5.21. The average Bonchev–Trinajstić information content (AvgIpc) is 3.34. The van der Waals surface area contributed by atoms with Gasteiger partial charge in [0.1, 0.15) is 11.8 Å². The number of amides is 3. The molecular formula is C32H31FN4O6. The highest BCUT2D eigenvalue weighted by atomic mass is 19.1. The molecule has 1 N–H and O–H groups in total. The summed E-state index contributed by atoms with van der Waals surface area (Å²) in [5, 5.41) is 3.26. The molecule has 6 rings (SSSR count). The van der Waals surface area contributed by atoms with E-state index in [0.717, 1.165) is 50.2 Å². The number of morpholine rings is 1. The number of ether oxygens (including phenoxy) is 4. The van der Waals surface area contributed by atoms with Gasteiger partial charge < -0.3 is 24.3 Å². The van der Waals surface area contributed by atoms with E-state index in [1.165, 1.54) is 12.1 Å². The number of pyridine rings is 1. The summed E-state index contributed by atoms with van der Waals surface area (Å²) in [4.78, 5) is 33.4. The number of imide groups is 1. The maximum absolute atomic E-state index is 15.3. The molecule has 43 heavy (non-hydrogen) atoms. The number of fused-ring (bicyclic) bond motifs is 1. The molecular weight excluding hydrogens is 555 g/mol. The minimum absolute atomic E-state index is 0.0784. The van der Waals surface area contributed by atoms with Gasteiger partial charge in [0.25, 0.3) is 5.91 Å². The summed E-state index contributed by atoms with van der Waals surface area (Å²) in [5.74, 6) is 0.103. The number of carbonyl (C=O) groups is 2. The van der Waals surface area contributed by atoms with Crippen LogP contribution in [0.25, 0.3) is 10.9 Å². The van der Waals surface area contributed by atoms with E-state index in [2.05, 4.69) is 15.2 Å². The van der Waals surface area contributed by atoms with Gasteiger partial charge in [0.05, 0.1) is 38.1 Å². The smallest absolute Gasteiger partial charge is 0.329 e. The lowest BCUT2D eigenvalue weighted by molar-refractivity contribution is -0.118. The number of rotatable bonds is 10. The molecule has 0 unspecified atom stereocenters. The molecule has 2 aliphatic heterocycles. The monoisotopic (exact) mass is 586 g/mol. The van der Waals surface area contributed by atoms with Crippen LogP contribution < -0.4 is 24.4 Å². The molecule has 11 heteroatoms. The zero-order chi connectivity index (χ0) is 29.8. The van der Waals surface area contributed by atoms with Gasteiger partial charge in [-0.05, 0) is 36.2 Å². The standard InChI is InChI=1S/C32H31FN4O6/c1-40-28-19-23-25(20-29(28)42-15-5-12-36-13-16-41-17-14-36)34-11-10-26(23)43-27-9-8-22(18-24(27)33)37-31(38)30(35-32(37)39)21-6-3-2-4-7-21/h2-4,6-11,18-20,30H,5,12-17H2,1H3,(H,35,39)/t30-/m1/s1. The lowest BCUT2D eigenvalue weighted by Gasteiger charge is -2.26. The number of hydrogen-bond donors (Lipinski definition) is 1. The summed E-state index contributed by atoms with van der Waals surface area (Å²) in [6.07, 6.45) is 2.42. The minimum Gasteiger partial charge on any atom is -0.493 e. The quantitative estimate of drug-likeness (QED) is 0.203. The van der Waals surface area contributed by atoms with E-state index in [9.17, 15) is 9.59 Å². The molecule has 1 atom stereocenters. The van der Waals surface area contributed by atoms with E-state index in [0.29, 0.717) is 40.3 Å². The minimum atomic E-state index is -0.843. The Bertz CT molecular complexity index is 1630. The molecule has 3 amide bonds. The van der Waals surface area contributed by atoms with Crippen molar-refractivity contribution in [2.24, 2.45) is 0 Å². The van der Waals surface area contributed by atoms with Gasteiger partial charge in [0, 0.05) is 43.4 Å². The molecule has 2 fully saturated rings. The highest BCUT2D eigenvalue weighted by Crippen LogP contribution is 2.38. The van der Waals surface area contributed by atoms with Gasteiger partial charge in [-0.3, -0.25) is 14.7 Å². The average molecular weight is 587 g/mol. The molecule has 3 heterocycles. The topological polar surface area (TPSA) is 102 Å². The maximum Gasteiger partial charge on any atom is 0.329 e. The lowest BCUT2D eigenvalue weighted by Crippen LogP contribution is -2.37. The van der Waals surface area contributed by atoms with Gasteiger partial charge in [-0.1, -0.05) is 30.3 Å². The van der Waals surface area contributed by atoms with E-state index in [1.54, 1.807) is 55.8 Å². The Morgan fingerprint density at radius 3 is 2.56 bits per heavy atom. The summed E-state index contributed by atoms with van der Waals surface area (Å²) in [6.45, 7) is 4.80. The van der Waals surface area contributed by atoms with E-state index >= 15 is 4.39 Å². The number of methoxy groups -OCH3 is 1. The van der Waals surface area contributed by atoms with Crippen molar-refractivity contribution in [3.05, 3.63) is 84.3 Å². The van der Waals surface area contributed by atoms with E-state index in [-0.39, 0.29) is 11.4 Å². The van der Waals surface area contributed by atoms with E-state index in [1.807, 2.05) is 6.07 Å². The molecule has 0 bridgehead atoms. The maximum atomic E-state index is 15.3. The first-order valence-electron chi connectivity index (χ1n) is 14.1. The molecule has 222 valence electrons. The Morgan fingerprint density at radius 1 is 0.977 bits per heavy atom. The van der Waals surface area contributed by atoms with Gasteiger partial charge in [-0.2, -0.15) is 0 Å². The number of nitrogens with one attached hydrogen (secondary N) is 1. The van der Waals surface area contributed by atoms with Crippen molar-refractivity contribution in [1.82, 2.24) is 15.2 Å². The number of benzene rings is 3. The number of anilines is 1. The first kappa shape index (κ1) is 28.4. The van der Waals surface area contributed by atoms with Crippen LogP contribution in [-0.2, 0) is 9.53 Å². The Morgan fingerprint density at radius 2 is 1.79 bits per heavy atom. The molecule has 2 saturated heterocycles. The van der Waals surface area contributed by atoms with E-state index in [4.69, 9.17) is 18.9 Å². The molecule has 10 nitrogen and oxygen atoms in total. The third-order valence-corrected chi connectivity index (χ3v) is 7.43. The van der Waals surface area contributed by atoms with Gasteiger partial charge in [0.2, 0.25) is 0 Å².